The summed E-state index contributed by atoms with van der Waals surface area (Å²) in [5.74, 6) is 1.66. The van der Waals surface area contributed by atoms with Crippen molar-refractivity contribution < 1.29 is 9.84 Å². The Balaban J connectivity index is 1.60. The highest BCUT2D eigenvalue weighted by Crippen LogP contribution is 2.28. The summed E-state index contributed by atoms with van der Waals surface area (Å²) in [4.78, 5) is 0. The molecule has 0 aromatic heterocycles. The third-order valence-electron chi connectivity index (χ3n) is 4.18. The van der Waals surface area contributed by atoms with E-state index in [4.69, 9.17) is 4.74 Å². The van der Waals surface area contributed by atoms with Crippen molar-refractivity contribution >= 4 is 0 Å². The number of methoxy groups -OCH3 is 1. The van der Waals surface area contributed by atoms with Gasteiger partial charge in [0.25, 0.3) is 0 Å². The van der Waals surface area contributed by atoms with Crippen LogP contribution >= 0.6 is 0 Å². The Hall–Kier alpha value is -1.06. The van der Waals surface area contributed by atoms with Crippen molar-refractivity contribution in [3.05, 3.63) is 29.8 Å². The lowest BCUT2D eigenvalue weighted by Crippen LogP contribution is -2.29. The van der Waals surface area contributed by atoms with E-state index in [9.17, 15) is 5.11 Å². The van der Waals surface area contributed by atoms with Gasteiger partial charge in [-0.05, 0) is 43.0 Å². The van der Waals surface area contributed by atoms with Crippen LogP contribution in [0.15, 0.2) is 24.3 Å². The SMILES string of the molecule is COc1cccc(CCNCC(O)CC2CCCC2)c1. The zero-order valence-electron chi connectivity index (χ0n) is 12.5. The van der Waals surface area contributed by atoms with Crippen LogP contribution in [0.2, 0.25) is 0 Å². The van der Waals surface area contributed by atoms with Gasteiger partial charge in [-0.3, -0.25) is 0 Å². The largest absolute Gasteiger partial charge is 0.497 e. The number of aliphatic hydroxyl groups is 1. The number of rotatable bonds is 8. The number of benzene rings is 1. The minimum atomic E-state index is -0.191. The van der Waals surface area contributed by atoms with E-state index < -0.39 is 0 Å². The molecule has 1 aliphatic carbocycles. The number of hydrogen-bond acceptors (Lipinski definition) is 3. The van der Waals surface area contributed by atoms with E-state index in [2.05, 4.69) is 17.4 Å². The molecule has 112 valence electrons. The predicted octanol–water partition coefficient (Wildman–Crippen LogP) is 2.77. The first-order chi connectivity index (χ1) is 9.78. The number of ether oxygens (including phenoxy) is 1. The van der Waals surface area contributed by atoms with Crippen molar-refractivity contribution in [3.8, 4) is 5.75 Å². The molecule has 20 heavy (non-hydrogen) atoms. The molecule has 3 heteroatoms. The minimum Gasteiger partial charge on any atom is -0.497 e. The molecule has 1 aromatic rings. The van der Waals surface area contributed by atoms with E-state index in [0.717, 1.165) is 31.1 Å². The fraction of sp³-hybridized carbons (Fsp3) is 0.647. The van der Waals surface area contributed by atoms with E-state index in [0.29, 0.717) is 6.54 Å². The molecule has 1 aromatic carbocycles. The molecular weight excluding hydrogens is 250 g/mol. The highest BCUT2D eigenvalue weighted by molar-refractivity contribution is 5.28. The van der Waals surface area contributed by atoms with Crippen LogP contribution < -0.4 is 10.1 Å². The molecule has 0 spiro atoms. The van der Waals surface area contributed by atoms with E-state index in [1.807, 2.05) is 12.1 Å². The van der Waals surface area contributed by atoms with Crippen LogP contribution in [0, 0.1) is 5.92 Å². The van der Waals surface area contributed by atoms with Gasteiger partial charge in [0, 0.05) is 6.54 Å². The lowest BCUT2D eigenvalue weighted by atomic mass is 10.00. The minimum absolute atomic E-state index is 0.191. The zero-order chi connectivity index (χ0) is 14.2. The summed E-state index contributed by atoms with van der Waals surface area (Å²) < 4.78 is 5.21. The predicted molar refractivity (Wildman–Crippen MR) is 82.1 cm³/mol. The second-order valence-electron chi connectivity index (χ2n) is 5.85. The van der Waals surface area contributed by atoms with Gasteiger partial charge in [-0.15, -0.1) is 0 Å². The third-order valence-corrected chi connectivity index (χ3v) is 4.18. The Bertz CT molecular complexity index is 388. The Morgan fingerprint density at radius 3 is 2.90 bits per heavy atom. The number of nitrogens with one attached hydrogen (secondary N) is 1. The maximum atomic E-state index is 10.0. The first-order valence-corrected chi connectivity index (χ1v) is 7.79. The summed E-state index contributed by atoms with van der Waals surface area (Å²) >= 11 is 0. The van der Waals surface area contributed by atoms with Crippen LogP contribution in [0.5, 0.6) is 5.75 Å². The fourth-order valence-electron chi connectivity index (χ4n) is 3.04. The quantitative estimate of drug-likeness (QED) is 0.718. The van der Waals surface area contributed by atoms with Gasteiger partial charge in [0.05, 0.1) is 13.2 Å². The highest BCUT2D eigenvalue weighted by atomic mass is 16.5. The van der Waals surface area contributed by atoms with Gasteiger partial charge in [-0.25, -0.2) is 0 Å². The average Bonchev–Trinajstić information content (AvgIpc) is 2.97. The summed E-state index contributed by atoms with van der Waals surface area (Å²) in [6.07, 6.45) is 7.05. The van der Waals surface area contributed by atoms with Crippen molar-refractivity contribution in [1.82, 2.24) is 5.32 Å². The van der Waals surface area contributed by atoms with Crippen molar-refractivity contribution in [1.29, 1.82) is 0 Å². The molecule has 2 rings (SSSR count). The lowest BCUT2D eigenvalue weighted by molar-refractivity contribution is 0.141. The second-order valence-corrected chi connectivity index (χ2v) is 5.85. The Kier molecular flexibility index (Phi) is 6.34. The second kappa shape index (κ2) is 8.28. The number of aliphatic hydroxyl groups excluding tert-OH is 1. The highest BCUT2D eigenvalue weighted by Gasteiger charge is 2.18. The number of hydrogen-bond donors (Lipinski definition) is 2. The van der Waals surface area contributed by atoms with Gasteiger partial charge in [-0.1, -0.05) is 37.8 Å². The Morgan fingerprint density at radius 1 is 1.35 bits per heavy atom. The molecule has 3 nitrogen and oxygen atoms in total. The summed E-state index contributed by atoms with van der Waals surface area (Å²) in [5, 5.41) is 13.4. The zero-order valence-corrected chi connectivity index (χ0v) is 12.5. The van der Waals surface area contributed by atoms with Crippen LogP contribution in [0.4, 0.5) is 0 Å². The van der Waals surface area contributed by atoms with Gasteiger partial charge in [0.2, 0.25) is 0 Å². The molecule has 0 heterocycles. The summed E-state index contributed by atoms with van der Waals surface area (Å²) in [6.45, 7) is 1.61. The van der Waals surface area contributed by atoms with Gasteiger partial charge in [0.15, 0.2) is 0 Å². The molecule has 0 amide bonds. The van der Waals surface area contributed by atoms with Crippen molar-refractivity contribution in [2.45, 2.75) is 44.6 Å². The van der Waals surface area contributed by atoms with Gasteiger partial charge in [0.1, 0.15) is 5.75 Å². The molecule has 1 atom stereocenters. The lowest BCUT2D eigenvalue weighted by Gasteiger charge is -2.16. The van der Waals surface area contributed by atoms with Crippen LogP contribution in [0.3, 0.4) is 0 Å². The van der Waals surface area contributed by atoms with Crippen molar-refractivity contribution in [3.63, 3.8) is 0 Å². The first-order valence-electron chi connectivity index (χ1n) is 7.79. The molecule has 1 unspecified atom stereocenters. The molecule has 1 saturated carbocycles. The van der Waals surface area contributed by atoms with Crippen LogP contribution in [0.1, 0.15) is 37.7 Å². The van der Waals surface area contributed by atoms with Gasteiger partial charge in [-0.2, -0.15) is 0 Å². The standard InChI is InChI=1S/C17H27NO2/c1-20-17-8-4-7-15(12-17)9-10-18-13-16(19)11-14-5-2-3-6-14/h4,7-8,12,14,16,18-19H,2-3,5-6,9-11,13H2,1H3. The normalized spacial score (nSPS) is 17.3. The van der Waals surface area contributed by atoms with E-state index >= 15 is 0 Å². The Labute approximate surface area is 122 Å². The van der Waals surface area contributed by atoms with Crippen LogP contribution in [-0.4, -0.2) is 31.4 Å². The van der Waals surface area contributed by atoms with Gasteiger partial charge < -0.3 is 15.2 Å². The molecule has 1 aliphatic rings. The van der Waals surface area contributed by atoms with E-state index in [1.54, 1.807) is 7.11 Å². The molecule has 1 fully saturated rings. The molecule has 0 aliphatic heterocycles. The van der Waals surface area contributed by atoms with Crippen molar-refractivity contribution in [2.75, 3.05) is 20.2 Å². The van der Waals surface area contributed by atoms with E-state index in [1.165, 1.54) is 31.2 Å². The maximum Gasteiger partial charge on any atom is 0.119 e. The molecule has 0 radical (unpaired) electrons. The van der Waals surface area contributed by atoms with Crippen LogP contribution in [-0.2, 0) is 6.42 Å². The third kappa shape index (κ3) is 5.14. The summed E-state index contributed by atoms with van der Waals surface area (Å²) in [5.41, 5.74) is 1.27. The average molecular weight is 277 g/mol. The Morgan fingerprint density at radius 2 is 2.15 bits per heavy atom. The first kappa shape index (κ1) is 15.3. The van der Waals surface area contributed by atoms with E-state index in [-0.39, 0.29) is 6.10 Å². The summed E-state index contributed by atoms with van der Waals surface area (Å²) in [6, 6.07) is 8.15. The van der Waals surface area contributed by atoms with Crippen molar-refractivity contribution in [2.24, 2.45) is 5.92 Å². The topological polar surface area (TPSA) is 41.5 Å². The maximum absolute atomic E-state index is 10.0. The summed E-state index contributed by atoms with van der Waals surface area (Å²) in [7, 11) is 1.69. The molecule has 0 saturated heterocycles. The van der Waals surface area contributed by atoms with Crippen LogP contribution in [0.25, 0.3) is 0 Å². The van der Waals surface area contributed by atoms with Gasteiger partial charge >= 0.3 is 0 Å². The monoisotopic (exact) mass is 277 g/mol. The smallest absolute Gasteiger partial charge is 0.119 e. The molecular formula is C17H27NO2. The fourth-order valence-corrected chi connectivity index (χ4v) is 3.04. The molecule has 0 bridgehead atoms. The molecule has 2 N–H and O–H groups in total.